The number of nitrogens with zero attached hydrogens (tertiary/aromatic N) is 1. The molecular formula is C15H21ClN2O2. The highest BCUT2D eigenvalue weighted by molar-refractivity contribution is 6.32. The summed E-state index contributed by atoms with van der Waals surface area (Å²) in [5.41, 5.74) is 1.06. The van der Waals surface area contributed by atoms with Crippen LogP contribution in [0.25, 0.3) is 0 Å². The largest absolute Gasteiger partial charge is 0.493 e. The van der Waals surface area contributed by atoms with E-state index < -0.39 is 0 Å². The Hall–Kier alpha value is -1.44. The normalized spacial score (nSPS) is 10.1. The van der Waals surface area contributed by atoms with Crippen LogP contribution in [0.15, 0.2) is 12.1 Å². The third-order valence-corrected chi connectivity index (χ3v) is 3.01. The highest BCUT2D eigenvalue weighted by atomic mass is 35.5. The zero-order valence-electron chi connectivity index (χ0n) is 12.0. The third-order valence-electron chi connectivity index (χ3n) is 2.72. The molecule has 0 atom stereocenters. The van der Waals surface area contributed by atoms with Gasteiger partial charge in [0.25, 0.3) is 0 Å². The molecule has 0 saturated heterocycles. The third kappa shape index (κ3) is 5.28. The summed E-state index contributed by atoms with van der Waals surface area (Å²) in [4.78, 5) is 0. The molecule has 0 aliphatic carbocycles. The maximum Gasteiger partial charge on any atom is 0.179 e. The van der Waals surface area contributed by atoms with Crippen LogP contribution >= 0.6 is 11.6 Å². The van der Waals surface area contributed by atoms with E-state index in [2.05, 4.69) is 18.3 Å². The van der Waals surface area contributed by atoms with Crippen molar-refractivity contribution in [2.24, 2.45) is 0 Å². The SMILES string of the molecule is CCCNCc1cc(Cl)c(OCCCC#N)c(OC)c1. The van der Waals surface area contributed by atoms with Crippen LogP contribution < -0.4 is 14.8 Å². The first kappa shape index (κ1) is 16.6. The number of rotatable bonds is 9. The molecule has 0 aliphatic rings. The van der Waals surface area contributed by atoms with Gasteiger partial charge >= 0.3 is 0 Å². The van der Waals surface area contributed by atoms with E-state index in [-0.39, 0.29) is 0 Å². The Kier molecular flexibility index (Phi) is 7.86. The second kappa shape index (κ2) is 9.46. The minimum Gasteiger partial charge on any atom is -0.493 e. The molecule has 4 nitrogen and oxygen atoms in total. The minimum absolute atomic E-state index is 0.455. The zero-order chi connectivity index (χ0) is 14.8. The van der Waals surface area contributed by atoms with Gasteiger partial charge in [-0.05, 0) is 37.1 Å². The number of hydrogen-bond acceptors (Lipinski definition) is 4. The lowest BCUT2D eigenvalue weighted by Crippen LogP contribution is -2.14. The molecule has 0 unspecified atom stereocenters. The van der Waals surface area contributed by atoms with E-state index in [4.69, 9.17) is 26.3 Å². The van der Waals surface area contributed by atoms with Crippen molar-refractivity contribution in [1.29, 1.82) is 5.26 Å². The van der Waals surface area contributed by atoms with Gasteiger partial charge in [0.05, 0.1) is 24.8 Å². The predicted octanol–water partition coefficient (Wildman–Crippen LogP) is 3.53. The molecule has 1 N–H and O–H groups in total. The van der Waals surface area contributed by atoms with Crippen LogP contribution in [0, 0.1) is 11.3 Å². The molecule has 20 heavy (non-hydrogen) atoms. The minimum atomic E-state index is 0.455. The van der Waals surface area contributed by atoms with E-state index in [1.165, 1.54) is 0 Å². The summed E-state index contributed by atoms with van der Waals surface area (Å²) >= 11 is 6.24. The molecule has 0 fully saturated rings. The number of unbranched alkanes of at least 4 members (excludes halogenated alkanes) is 1. The molecule has 1 rings (SSSR count). The summed E-state index contributed by atoms with van der Waals surface area (Å²) in [5.74, 6) is 1.18. The van der Waals surface area contributed by atoms with Gasteiger partial charge in [-0.15, -0.1) is 0 Å². The Morgan fingerprint density at radius 3 is 2.85 bits per heavy atom. The number of methoxy groups -OCH3 is 1. The van der Waals surface area contributed by atoms with Crippen LogP contribution in [0.3, 0.4) is 0 Å². The Labute approximate surface area is 125 Å². The van der Waals surface area contributed by atoms with Gasteiger partial charge in [0.15, 0.2) is 11.5 Å². The quantitative estimate of drug-likeness (QED) is 0.708. The molecule has 0 saturated carbocycles. The van der Waals surface area contributed by atoms with Crippen molar-refractivity contribution in [3.63, 3.8) is 0 Å². The van der Waals surface area contributed by atoms with Crippen LogP contribution in [0.1, 0.15) is 31.7 Å². The Bertz CT molecular complexity index is 458. The molecule has 0 spiro atoms. The van der Waals surface area contributed by atoms with Crippen molar-refractivity contribution >= 4 is 11.6 Å². The van der Waals surface area contributed by atoms with Crippen LogP contribution in [-0.4, -0.2) is 20.3 Å². The topological polar surface area (TPSA) is 54.3 Å². The summed E-state index contributed by atoms with van der Waals surface area (Å²) in [7, 11) is 1.59. The van der Waals surface area contributed by atoms with Gasteiger partial charge in [0.1, 0.15) is 0 Å². The van der Waals surface area contributed by atoms with Crippen LogP contribution in [-0.2, 0) is 6.54 Å². The molecular weight excluding hydrogens is 276 g/mol. The fraction of sp³-hybridized carbons (Fsp3) is 0.533. The van der Waals surface area contributed by atoms with Crippen LogP contribution in [0.4, 0.5) is 0 Å². The first-order valence-corrected chi connectivity index (χ1v) is 7.17. The van der Waals surface area contributed by atoms with E-state index in [1.807, 2.05) is 12.1 Å². The molecule has 0 amide bonds. The number of ether oxygens (including phenoxy) is 2. The molecule has 0 bridgehead atoms. The summed E-state index contributed by atoms with van der Waals surface area (Å²) in [6, 6.07) is 5.89. The lowest BCUT2D eigenvalue weighted by atomic mass is 10.2. The predicted molar refractivity (Wildman–Crippen MR) is 80.3 cm³/mol. The van der Waals surface area contributed by atoms with E-state index >= 15 is 0 Å². The van der Waals surface area contributed by atoms with Gasteiger partial charge in [-0.3, -0.25) is 0 Å². The van der Waals surface area contributed by atoms with Gasteiger partial charge in [-0.1, -0.05) is 18.5 Å². The smallest absolute Gasteiger partial charge is 0.179 e. The maximum absolute atomic E-state index is 8.49. The van der Waals surface area contributed by atoms with Crippen molar-refractivity contribution in [1.82, 2.24) is 5.32 Å². The summed E-state index contributed by atoms with van der Waals surface area (Å²) in [5, 5.41) is 12.3. The van der Waals surface area contributed by atoms with E-state index in [0.29, 0.717) is 36.0 Å². The lowest BCUT2D eigenvalue weighted by Gasteiger charge is -2.14. The molecule has 0 heterocycles. The second-order valence-electron chi connectivity index (χ2n) is 4.40. The van der Waals surface area contributed by atoms with Crippen LogP contribution in [0.2, 0.25) is 5.02 Å². The Balaban J connectivity index is 2.72. The van der Waals surface area contributed by atoms with Crippen molar-refractivity contribution in [3.8, 4) is 17.6 Å². The number of nitriles is 1. The van der Waals surface area contributed by atoms with Crippen molar-refractivity contribution in [3.05, 3.63) is 22.7 Å². The summed E-state index contributed by atoms with van der Waals surface area (Å²) in [6.45, 7) is 4.29. The number of hydrogen-bond donors (Lipinski definition) is 1. The maximum atomic E-state index is 8.49. The lowest BCUT2D eigenvalue weighted by molar-refractivity contribution is 0.290. The van der Waals surface area contributed by atoms with Gasteiger partial charge in [0, 0.05) is 13.0 Å². The van der Waals surface area contributed by atoms with Crippen LogP contribution in [0.5, 0.6) is 11.5 Å². The first-order valence-electron chi connectivity index (χ1n) is 6.79. The van der Waals surface area contributed by atoms with Gasteiger partial charge in [0.2, 0.25) is 0 Å². The summed E-state index contributed by atoms with van der Waals surface area (Å²) < 4.78 is 10.9. The fourth-order valence-corrected chi connectivity index (χ4v) is 2.04. The molecule has 1 aromatic carbocycles. The average molecular weight is 297 g/mol. The Morgan fingerprint density at radius 2 is 2.20 bits per heavy atom. The monoisotopic (exact) mass is 296 g/mol. The standard InChI is InChI=1S/C15H21ClN2O2/c1-3-7-18-11-12-9-13(16)15(14(10-12)19-2)20-8-5-4-6-17/h9-10,18H,3-5,7-8,11H2,1-2H3. The number of halogens is 1. The van der Waals surface area contributed by atoms with E-state index in [1.54, 1.807) is 7.11 Å². The molecule has 0 aromatic heterocycles. The van der Waals surface area contributed by atoms with Crippen molar-refractivity contribution < 1.29 is 9.47 Å². The van der Waals surface area contributed by atoms with Crippen molar-refractivity contribution in [2.45, 2.75) is 32.7 Å². The molecule has 0 radical (unpaired) electrons. The fourth-order valence-electron chi connectivity index (χ4n) is 1.75. The van der Waals surface area contributed by atoms with E-state index in [0.717, 1.165) is 25.1 Å². The Morgan fingerprint density at radius 1 is 1.40 bits per heavy atom. The first-order chi connectivity index (χ1) is 9.72. The highest BCUT2D eigenvalue weighted by Gasteiger charge is 2.11. The molecule has 1 aromatic rings. The van der Waals surface area contributed by atoms with Crippen molar-refractivity contribution in [2.75, 3.05) is 20.3 Å². The number of benzene rings is 1. The van der Waals surface area contributed by atoms with Gasteiger partial charge in [-0.2, -0.15) is 5.26 Å². The van der Waals surface area contributed by atoms with E-state index in [9.17, 15) is 0 Å². The highest BCUT2D eigenvalue weighted by Crippen LogP contribution is 2.36. The molecule has 5 heteroatoms. The van der Waals surface area contributed by atoms with Gasteiger partial charge in [-0.25, -0.2) is 0 Å². The summed E-state index contributed by atoms with van der Waals surface area (Å²) in [6.07, 6.45) is 2.24. The molecule has 110 valence electrons. The second-order valence-corrected chi connectivity index (χ2v) is 4.80. The molecule has 0 aliphatic heterocycles. The van der Waals surface area contributed by atoms with Gasteiger partial charge < -0.3 is 14.8 Å². The average Bonchev–Trinajstić information content (AvgIpc) is 2.45. The number of nitrogens with one attached hydrogen (secondary N) is 1. The zero-order valence-corrected chi connectivity index (χ0v) is 12.8.